The number of aryl methyl sites for hydroxylation is 1. The first kappa shape index (κ1) is 15.9. The molecule has 0 unspecified atom stereocenters. The summed E-state index contributed by atoms with van der Waals surface area (Å²) in [5, 5.41) is 0. The van der Waals surface area contributed by atoms with Crippen LogP contribution in [-0.2, 0) is 6.42 Å². The average Bonchev–Trinajstić information content (AvgIpc) is 2.61. The van der Waals surface area contributed by atoms with Crippen molar-refractivity contribution in [3.8, 4) is 0 Å². The molecule has 0 radical (unpaired) electrons. The molecule has 0 spiro atoms. The summed E-state index contributed by atoms with van der Waals surface area (Å²) in [6.45, 7) is 4.30. The highest BCUT2D eigenvalue weighted by Crippen LogP contribution is 2.10. The van der Waals surface area contributed by atoms with Crippen molar-refractivity contribution in [2.75, 3.05) is 13.1 Å². The lowest BCUT2D eigenvalue weighted by Crippen LogP contribution is -3.17. The summed E-state index contributed by atoms with van der Waals surface area (Å²) < 4.78 is 0. The van der Waals surface area contributed by atoms with Gasteiger partial charge in [-0.25, -0.2) is 0 Å². The maximum atomic E-state index is 13.1. The minimum Gasteiger partial charge on any atom is -0.326 e. The van der Waals surface area contributed by atoms with Crippen LogP contribution >= 0.6 is 0 Å². The van der Waals surface area contributed by atoms with Gasteiger partial charge in [-0.15, -0.1) is 0 Å². The smallest absolute Gasteiger partial charge is 0.220 e. The maximum absolute atomic E-state index is 13.1. The van der Waals surface area contributed by atoms with E-state index in [9.17, 15) is 4.79 Å². The zero-order valence-corrected chi connectivity index (χ0v) is 13.9. The van der Waals surface area contributed by atoms with Crippen LogP contribution in [0.2, 0.25) is 0 Å². The van der Waals surface area contributed by atoms with Gasteiger partial charge in [0.1, 0.15) is 0 Å². The minimum atomic E-state index is 0.0420. The summed E-state index contributed by atoms with van der Waals surface area (Å²) in [4.78, 5) is 14.6. The summed E-state index contributed by atoms with van der Waals surface area (Å²) in [5.74, 6) is 0.297. The van der Waals surface area contributed by atoms with E-state index in [1.807, 2.05) is 30.3 Å². The molecule has 1 aliphatic rings. The van der Waals surface area contributed by atoms with Crippen molar-refractivity contribution < 1.29 is 9.69 Å². The van der Waals surface area contributed by atoms with Gasteiger partial charge in [0.05, 0.1) is 13.1 Å². The number of carbonyl (C=O) groups is 1. The summed E-state index contributed by atoms with van der Waals surface area (Å²) in [6.07, 6.45) is 4.62. The number of hydrogen-bond donors (Lipinski definition) is 1. The number of quaternary nitrogens is 1. The van der Waals surface area contributed by atoms with Crippen molar-refractivity contribution in [1.29, 1.82) is 0 Å². The number of likely N-dealkylation sites (tertiary alicyclic amines) is 1. The molecule has 1 saturated heterocycles. The Kier molecular flexibility index (Phi) is 5.24. The third kappa shape index (κ3) is 4.08. The molecule has 2 aromatic carbocycles. The molecule has 0 bridgehead atoms. The summed E-state index contributed by atoms with van der Waals surface area (Å²) in [6, 6.07) is 18.5. The van der Waals surface area contributed by atoms with Gasteiger partial charge in [0.2, 0.25) is 5.78 Å². The van der Waals surface area contributed by atoms with Crippen molar-refractivity contribution in [2.24, 2.45) is 0 Å². The first-order valence-electron chi connectivity index (χ1n) is 8.73. The van der Waals surface area contributed by atoms with Gasteiger partial charge in [-0.05, 0) is 31.7 Å². The number of ketones is 1. The fourth-order valence-electron chi connectivity index (χ4n) is 3.55. The lowest BCUT2D eigenvalue weighted by molar-refractivity contribution is -0.920. The standard InChI is InChI=1S/C21H25NO/c1-17-10-12-19(13-11-17)21(23)20(22-14-6-3-7-15-22)16-18-8-4-2-5-9-18/h2,4-5,8-13,20H,3,6-7,14-16H2,1H3/p+1/t20-/m0/s1. The van der Waals surface area contributed by atoms with Crippen LogP contribution in [0.5, 0.6) is 0 Å². The average molecular weight is 308 g/mol. The first-order chi connectivity index (χ1) is 11.2. The van der Waals surface area contributed by atoms with Crippen LogP contribution in [0.4, 0.5) is 0 Å². The Morgan fingerprint density at radius 1 is 0.957 bits per heavy atom. The van der Waals surface area contributed by atoms with Gasteiger partial charge in [-0.1, -0.05) is 60.2 Å². The summed E-state index contributed by atoms with van der Waals surface area (Å²) in [7, 11) is 0. The van der Waals surface area contributed by atoms with E-state index in [4.69, 9.17) is 0 Å². The zero-order valence-electron chi connectivity index (χ0n) is 13.9. The van der Waals surface area contributed by atoms with Crippen molar-refractivity contribution in [1.82, 2.24) is 0 Å². The molecule has 2 aromatic rings. The van der Waals surface area contributed by atoms with Gasteiger partial charge < -0.3 is 4.90 Å². The molecule has 1 fully saturated rings. The molecule has 0 aromatic heterocycles. The molecular weight excluding hydrogens is 282 g/mol. The highest BCUT2D eigenvalue weighted by Gasteiger charge is 2.31. The van der Waals surface area contributed by atoms with Gasteiger partial charge >= 0.3 is 0 Å². The van der Waals surface area contributed by atoms with Crippen molar-refractivity contribution in [2.45, 2.75) is 38.6 Å². The second-order valence-electron chi connectivity index (χ2n) is 6.69. The van der Waals surface area contributed by atoms with E-state index >= 15 is 0 Å². The number of carbonyl (C=O) groups excluding carboxylic acids is 1. The molecule has 1 atom stereocenters. The Morgan fingerprint density at radius 2 is 1.61 bits per heavy atom. The predicted molar refractivity (Wildman–Crippen MR) is 94.0 cm³/mol. The van der Waals surface area contributed by atoms with E-state index in [1.165, 1.54) is 35.3 Å². The molecular formula is C21H26NO+. The van der Waals surface area contributed by atoms with E-state index < -0.39 is 0 Å². The summed E-state index contributed by atoms with van der Waals surface area (Å²) >= 11 is 0. The van der Waals surface area contributed by atoms with Crippen molar-refractivity contribution in [3.63, 3.8) is 0 Å². The lowest BCUT2D eigenvalue weighted by atomic mass is 9.94. The molecule has 1 heterocycles. The number of nitrogens with one attached hydrogen (secondary N) is 1. The second-order valence-corrected chi connectivity index (χ2v) is 6.69. The molecule has 23 heavy (non-hydrogen) atoms. The topological polar surface area (TPSA) is 21.5 Å². The second kappa shape index (κ2) is 7.56. The van der Waals surface area contributed by atoms with Crippen LogP contribution in [0.15, 0.2) is 54.6 Å². The van der Waals surface area contributed by atoms with Gasteiger partial charge in [0.25, 0.3) is 0 Å². The molecule has 0 saturated carbocycles. The molecule has 1 aliphatic heterocycles. The number of hydrogen-bond acceptors (Lipinski definition) is 1. The van der Waals surface area contributed by atoms with Gasteiger partial charge in [-0.2, -0.15) is 0 Å². The van der Waals surface area contributed by atoms with E-state index in [-0.39, 0.29) is 6.04 Å². The van der Waals surface area contributed by atoms with E-state index in [2.05, 4.69) is 31.2 Å². The van der Waals surface area contributed by atoms with Crippen molar-refractivity contribution >= 4 is 5.78 Å². The van der Waals surface area contributed by atoms with Gasteiger partial charge in [0, 0.05) is 12.0 Å². The number of piperidine rings is 1. The fourth-order valence-corrected chi connectivity index (χ4v) is 3.55. The molecule has 120 valence electrons. The van der Waals surface area contributed by atoms with Crippen LogP contribution in [-0.4, -0.2) is 24.9 Å². The SMILES string of the molecule is Cc1ccc(C(=O)[C@H](Cc2ccccc2)[NH+]2CCCCC2)cc1. The highest BCUT2D eigenvalue weighted by molar-refractivity contribution is 5.99. The molecule has 1 N–H and O–H groups in total. The minimum absolute atomic E-state index is 0.0420. The van der Waals surface area contributed by atoms with Gasteiger partial charge in [-0.3, -0.25) is 4.79 Å². The fraction of sp³-hybridized carbons (Fsp3) is 0.381. The lowest BCUT2D eigenvalue weighted by Gasteiger charge is -2.31. The zero-order chi connectivity index (χ0) is 16.1. The first-order valence-corrected chi connectivity index (χ1v) is 8.73. The van der Waals surface area contributed by atoms with Crippen LogP contribution in [0.1, 0.15) is 40.7 Å². The number of Topliss-reactive ketones (excluding diaryl/α,β-unsaturated/α-hetero) is 1. The van der Waals surface area contributed by atoms with Crippen LogP contribution < -0.4 is 4.90 Å². The van der Waals surface area contributed by atoms with Crippen LogP contribution in [0.25, 0.3) is 0 Å². The quantitative estimate of drug-likeness (QED) is 0.843. The van der Waals surface area contributed by atoms with Crippen LogP contribution in [0.3, 0.4) is 0 Å². The molecule has 3 rings (SSSR count). The Hall–Kier alpha value is -1.93. The number of rotatable bonds is 5. The summed E-state index contributed by atoms with van der Waals surface area (Å²) in [5.41, 5.74) is 3.32. The van der Waals surface area contributed by atoms with Gasteiger partial charge in [0.15, 0.2) is 6.04 Å². The Balaban J connectivity index is 1.84. The molecule has 0 aliphatic carbocycles. The predicted octanol–water partition coefficient (Wildman–Crippen LogP) is 2.86. The Labute approximate surface area is 139 Å². The van der Waals surface area contributed by atoms with E-state index in [0.717, 1.165) is 25.1 Å². The van der Waals surface area contributed by atoms with E-state index in [0.29, 0.717) is 5.78 Å². The Bertz CT molecular complexity index is 627. The third-order valence-corrected chi connectivity index (χ3v) is 4.92. The maximum Gasteiger partial charge on any atom is 0.220 e. The molecule has 0 amide bonds. The monoisotopic (exact) mass is 308 g/mol. The Morgan fingerprint density at radius 3 is 2.26 bits per heavy atom. The largest absolute Gasteiger partial charge is 0.326 e. The highest BCUT2D eigenvalue weighted by atomic mass is 16.1. The van der Waals surface area contributed by atoms with E-state index in [1.54, 1.807) is 0 Å². The number of benzene rings is 2. The molecule has 2 heteroatoms. The normalized spacial score (nSPS) is 16.9. The van der Waals surface area contributed by atoms with Crippen molar-refractivity contribution in [3.05, 3.63) is 71.3 Å². The van der Waals surface area contributed by atoms with Crippen LogP contribution in [0, 0.1) is 6.92 Å². The molecule has 2 nitrogen and oxygen atoms in total. The third-order valence-electron chi connectivity index (χ3n) is 4.92.